The third kappa shape index (κ3) is 2.52. The van der Waals surface area contributed by atoms with E-state index in [4.69, 9.17) is 5.73 Å². The predicted molar refractivity (Wildman–Crippen MR) is 61.2 cm³/mol. The first-order valence-corrected chi connectivity index (χ1v) is 5.22. The Bertz CT molecular complexity index is 599. The van der Waals surface area contributed by atoms with E-state index in [1.807, 2.05) is 0 Å². The van der Waals surface area contributed by atoms with Crippen LogP contribution in [-0.4, -0.2) is 0 Å². The van der Waals surface area contributed by atoms with E-state index >= 15 is 0 Å². The van der Waals surface area contributed by atoms with E-state index in [9.17, 15) is 22.0 Å². The molecule has 1 nitrogen and oxygen atoms in total. The second-order valence-electron chi connectivity index (χ2n) is 3.90. The topological polar surface area (TPSA) is 26.0 Å². The van der Waals surface area contributed by atoms with Crippen LogP contribution >= 0.6 is 0 Å². The summed E-state index contributed by atoms with van der Waals surface area (Å²) in [6.45, 7) is 0. The van der Waals surface area contributed by atoms with E-state index in [-0.39, 0.29) is 11.3 Å². The van der Waals surface area contributed by atoms with Gasteiger partial charge in [0.2, 0.25) is 0 Å². The molecule has 100 valence electrons. The zero-order chi connectivity index (χ0) is 14.2. The van der Waals surface area contributed by atoms with E-state index in [0.717, 1.165) is 30.3 Å². The van der Waals surface area contributed by atoms with Crippen molar-refractivity contribution in [3.63, 3.8) is 0 Å². The van der Waals surface area contributed by atoms with E-state index in [0.29, 0.717) is 6.07 Å². The fourth-order valence-electron chi connectivity index (χ4n) is 1.72. The highest BCUT2D eigenvalue weighted by Crippen LogP contribution is 2.36. The van der Waals surface area contributed by atoms with Gasteiger partial charge < -0.3 is 5.73 Å². The molecule has 2 aromatic rings. The molecular formula is C13H8F5N. The summed E-state index contributed by atoms with van der Waals surface area (Å²) in [4.78, 5) is 0. The summed E-state index contributed by atoms with van der Waals surface area (Å²) in [7, 11) is 0. The third-order valence-electron chi connectivity index (χ3n) is 2.61. The quantitative estimate of drug-likeness (QED) is 0.610. The van der Waals surface area contributed by atoms with Gasteiger partial charge >= 0.3 is 6.18 Å². The van der Waals surface area contributed by atoms with Crippen molar-refractivity contribution < 1.29 is 22.0 Å². The van der Waals surface area contributed by atoms with Gasteiger partial charge in [-0.3, -0.25) is 0 Å². The average molecular weight is 273 g/mol. The average Bonchev–Trinajstić information content (AvgIpc) is 2.29. The number of benzene rings is 2. The Hall–Kier alpha value is -2.11. The zero-order valence-electron chi connectivity index (χ0n) is 9.43. The van der Waals surface area contributed by atoms with Crippen LogP contribution in [0.2, 0.25) is 0 Å². The van der Waals surface area contributed by atoms with Gasteiger partial charge in [-0.15, -0.1) is 0 Å². The molecule has 0 unspecified atom stereocenters. The van der Waals surface area contributed by atoms with Crippen LogP contribution in [0.1, 0.15) is 5.56 Å². The first kappa shape index (κ1) is 13.3. The third-order valence-corrected chi connectivity index (χ3v) is 2.61. The first-order chi connectivity index (χ1) is 8.80. The molecule has 0 fully saturated rings. The monoisotopic (exact) mass is 273 g/mol. The molecule has 0 heterocycles. The normalized spacial score (nSPS) is 11.6. The van der Waals surface area contributed by atoms with Crippen LogP contribution in [0.25, 0.3) is 11.1 Å². The number of hydrogen-bond acceptors (Lipinski definition) is 1. The highest BCUT2D eigenvalue weighted by atomic mass is 19.4. The van der Waals surface area contributed by atoms with Crippen molar-refractivity contribution in [2.45, 2.75) is 6.18 Å². The molecule has 0 aromatic heterocycles. The highest BCUT2D eigenvalue weighted by Gasteiger charge is 2.31. The van der Waals surface area contributed by atoms with Crippen LogP contribution in [0, 0.1) is 11.6 Å². The lowest BCUT2D eigenvalue weighted by atomic mass is 10.0. The Kier molecular flexibility index (Phi) is 3.18. The highest BCUT2D eigenvalue weighted by molar-refractivity contribution is 5.77. The fourth-order valence-corrected chi connectivity index (χ4v) is 1.72. The summed E-state index contributed by atoms with van der Waals surface area (Å²) >= 11 is 0. The van der Waals surface area contributed by atoms with Gasteiger partial charge in [-0.05, 0) is 24.3 Å². The maximum absolute atomic E-state index is 13.5. The van der Waals surface area contributed by atoms with E-state index < -0.39 is 28.9 Å². The Balaban J connectivity index is 2.59. The van der Waals surface area contributed by atoms with Crippen molar-refractivity contribution in [2.24, 2.45) is 0 Å². The maximum Gasteiger partial charge on any atom is 0.416 e. The largest absolute Gasteiger partial charge is 0.416 e. The van der Waals surface area contributed by atoms with Gasteiger partial charge in [0.05, 0.1) is 11.1 Å². The zero-order valence-corrected chi connectivity index (χ0v) is 9.43. The van der Waals surface area contributed by atoms with Crippen LogP contribution in [-0.2, 0) is 6.18 Å². The summed E-state index contributed by atoms with van der Waals surface area (Å²) in [6, 6.07) is 5.53. The van der Waals surface area contributed by atoms with Crippen LogP contribution < -0.4 is 5.73 Å². The number of hydrogen-bond donors (Lipinski definition) is 1. The second kappa shape index (κ2) is 4.53. The molecule has 0 spiro atoms. The summed E-state index contributed by atoms with van der Waals surface area (Å²) in [5.74, 6) is -1.77. The molecule has 0 saturated heterocycles. The lowest BCUT2D eigenvalue weighted by molar-refractivity contribution is -0.137. The van der Waals surface area contributed by atoms with Crippen LogP contribution in [0.5, 0.6) is 0 Å². The Morgan fingerprint density at radius 3 is 1.95 bits per heavy atom. The van der Waals surface area contributed by atoms with E-state index in [1.165, 1.54) is 0 Å². The van der Waals surface area contributed by atoms with Crippen molar-refractivity contribution in [3.8, 4) is 11.1 Å². The summed E-state index contributed by atoms with van der Waals surface area (Å²) < 4.78 is 64.4. The predicted octanol–water partition coefficient (Wildman–Crippen LogP) is 4.23. The second-order valence-corrected chi connectivity index (χ2v) is 3.90. The minimum Gasteiger partial charge on any atom is -0.398 e. The standard InChI is InChI=1S/C13H8F5N/c14-9-2-1-3-10(15)12(9)8-5-4-7(6-11(8)19)13(16,17)18/h1-6H,19H2. The van der Waals surface area contributed by atoms with Gasteiger partial charge in [0.25, 0.3) is 0 Å². The van der Waals surface area contributed by atoms with Gasteiger partial charge in [-0.2, -0.15) is 13.2 Å². The smallest absolute Gasteiger partial charge is 0.398 e. The molecular weight excluding hydrogens is 265 g/mol. The number of halogens is 5. The van der Waals surface area contributed by atoms with Crippen LogP contribution in [0.15, 0.2) is 36.4 Å². The van der Waals surface area contributed by atoms with Crippen LogP contribution in [0.3, 0.4) is 0 Å². The summed E-state index contributed by atoms with van der Waals surface area (Å²) in [5.41, 5.74) is 3.61. The number of alkyl halides is 3. The molecule has 2 aromatic carbocycles. The molecule has 0 aliphatic rings. The molecule has 0 saturated carbocycles. The van der Waals surface area contributed by atoms with E-state index in [1.54, 1.807) is 0 Å². The van der Waals surface area contributed by atoms with Gasteiger partial charge in [-0.25, -0.2) is 8.78 Å². The van der Waals surface area contributed by atoms with Crippen molar-refractivity contribution in [1.82, 2.24) is 0 Å². The van der Waals surface area contributed by atoms with E-state index in [2.05, 4.69) is 0 Å². The van der Waals surface area contributed by atoms with Crippen LogP contribution in [0.4, 0.5) is 27.6 Å². The Morgan fingerprint density at radius 1 is 0.895 bits per heavy atom. The van der Waals surface area contributed by atoms with Crippen molar-refractivity contribution in [3.05, 3.63) is 53.6 Å². The number of rotatable bonds is 1. The molecule has 6 heteroatoms. The minimum absolute atomic E-state index is 0.108. The fraction of sp³-hybridized carbons (Fsp3) is 0.0769. The number of anilines is 1. The molecule has 0 aliphatic carbocycles. The van der Waals surface area contributed by atoms with Crippen molar-refractivity contribution >= 4 is 5.69 Å². The minimum atomic E-state index is -4.56. The lowest BCUT2D eigenvalue weighted by Gasteiger charge is -2.12. The van der Waals surface area contributed by atoms with Gasteiger partial charge in [-0.1, -0.05) is 12.1 Å². The number of nitrogen functional groups attached to an aromatic ring is 1. The van der Waals surface area contributed by atoms with Crippen molar-refractivity contribution in [1.29, 1.82) is 0 Å². The first-order valence-electron chi connectivity index (χ1n) is 5.22. The molecule has 2 N–H and O–H groups in total. The van der Waals surface area contributed by atoms with Gasteiger partial charge in [0.1, 0.15) is 11.6 Å². The molecule has 0 amide bonds. The SMILES string of the molecule is Nc1cc(C(F)(F)F)ccc1-c1c(F)cccc1F. The molecule has 0 atom stereocenters. The Morgan fingerprint density at radius 2 is 1.47 bits per heavy atom. The maximum atomic E-state index is 13.5. The molecule has 0 radical (unpaired) electrons. The summed E-state index contributed by atoms with van der Waals surface area (Å²) in [6.07, 6.45) is -4.56. The number of nitrogens with two attached hydrogens (primary N) is 1. The van der Waals surface area contributed by atoms with Crippen molar-refractivity contribution in [2.75, 3.05) is 5.73 Å². The van der Waals surface area contributed by atoms with Gasteiger partial charge in [0.15, 0.2) is 0 Å². The lowest BCUT2D eigenvalue weighted by Crippen LogP contribution is -2.06. The molecule has 2 rings (SSSR count). The Labute approximate surface area is 105 Å². The molecule has 19 heavy (non-hydrogen) atoms. The van der Waals surface area contributed by atoms with Gasteiger partial charge in [0, 0.05) is 11.3 Å². The molecule has 0 aliphatic heterocycles. The molecule has 0 bridgehead atoms. The summed E-state index contributed by atoms with van der Waals surface area (Å²) in [5, 5.41) is 0.